The van der Waals surface area contributed by atoms with Crippen LogP contribution in [0.1, 0.15) is 71.1 Å². The van der Waals surface area contributed by atoms with Crippen molar-refractivity contribution in [1.29, 1.82) is 0 Å². The molecule has 27 heavy (non-hydrogen) atoms. The van der Waals surface area contributed by atoms with Gasteiger partial charge in [-0.1, -0.05) is 37.1 Å². The van der Waals surface area contributed by atoms with Crippen molar-refractivity contribution in [2.24, 2.45) is 11.8 Å². The van der Waals surface area contributed by atoms with Gasteiger partial charge in [-0.25, -0.2) is 0 Å². The molecule has 4 heteroatoms. The molecule has 0 aliphatic heterocycles. The largest absolute Gasteiger partial charge is 0.396 e. The van der Waals surface area contributed by atoms with E-state index in [2.05, 4.69) is 24.3 Å². The van der Waals surface area contributed by atoms with Gasteiger partial charge in [-0.05, 0) is 57.8 Å². The number of methoxy groups -OCH3 is 1. The first-order valence-corrected chi connectivity index (χ1v) is 11.0. The minimum atomic E-state index is -0.285. The van der Waals surface area contributed by atoms with Crippen molar-refractivity contribution in [3.05, 3.63) is 24.3 Å². The zero-order valence-corrected chi connectivity index (χ0v) is 17.5. The molecule has 0 saturated heterocycles. The molecule has 0 amide bonds. The van der Waals surface area contributed by atoms with Crippen molar-refractivity contribution in [3.63, 3.8) is 0 Å². The second-order valence-corrected chi connectivity index (χ2v) is 7.59. The summed E-state index contributed by atoms with van der Waals surface area (Å²) in [6, 6.07) is 0. The summed E-state index contributed by atoms with van der Waals surface area (Å²) < 4.78 is 11.0. The number of aliphatic hydroxyl groups is 2. The topological polar surface area (TPSA) is 58.9 Å². The molecule has 4 atom stereocenters. The van der Waals surface area contributed by atoms with Gasteiger partial charge in [-0.3, -0.25) is 0 Å². The standard InChI is InChI=1S/C23H42O4/c1-3-27-23-19-22(25)20(15-11-8-6-9-13-17-24)21(23)16-12-7-4-5-10-14-18-26-2/h8,11-12,16,20-25H,3-7,9-10,13-15,17-19H2,1-2H3/b11-8-,16-12+/t20?,21-,22+,23-/m0/s1. The van der Waals surface area contributed by atoms with Gasteiger partial charge < -0.3 is 19.7 Å². The third kappa shape index (κ3) is 10.4. The Morgan fingerprint density at radius 3 is 2.44 bits per heavy atom. The number of hydrogen-bond acceptors (Lipinski definition) is 4. The Balaban J connectivity index is 2.44. The summed E-state index contributed by atoms with van der Waals surface area (Å²) in [6.45, 7) is 3.86. The first-order chi connectivity index (χ1) is 13.2. The normalized spacial score (nSPS) is 25.9. The van der Waals surface area contributed by atoms with Gasteiger partial charge in [0.2, 0.25) is 0 Å². The fraction of sp³-hybridized carbons (Fsp3) is 0.826. The third-order valence-electron chi connectivity index (χ3n) is 5.45. The van der Waals surface area contributed by atoms with Crippen molar-refractivity contribution in [3.8, 4) is 0 Å². The van der Waals surface area contributed by atoms with Gasteiger partial charge in [0.1, 0.15) is 0 Å². The average molecular weight is 383 g/mol. The summed E-state index contributed by atoms with van der Waals surface area (Å²) in [5.74, 6) is 0.545. The lowest BCUT2D eigenvalue weighted by molar-refractivity contribution is 0.0401. The molecular formula is C23H42O4. The minimum absolute atomic E-state index is 0.135. The minimum Gasteiger partial charge on any atom is -0.396 e. The van der Waals surface area contributed by atoms with Crippen LogP contribution < -0.4 is 0 Å². The highest BCUT2D eigenvalue weighted by molar-refractivity contribution is 5.05. The zero-order chi connectivity index (χ0) is 19.7. The second kappa shape index (κ2) is 16.3. The van der Waals surface area contributed by atoms with E-state index in [9.17, 15) is 5.11 Å². The van der Waals surface area contributed by atoms with Crippen LogP contribution in [0.4, 0.5) is 0 Å². The predicted molar refractivity (Wildman–Crippen MR) is 112 cm³/mol. The van der Waals surface area contributed by atoms with Crippen molar-refractivity contribution in [2.75, 3.05) is 26.9 Å². The Labute approximate surface area is 166 Å². The van der Waals surface area contributed by atoms with E-state index in [0.717, 1.165) is 51.6 Å². The van der Waals surface area contributed by atoms with Crippen molar-refractivity contribution >= 4 is 0 Å². The van der Waals surface area contributed by atoms with Crippen LogP contribution in [-0.2, 0) is 9.47 Å². The molecule has 0 radical (unpaired) electrons. The van der Waals surface area contributed by atoms with Crippen molar-refractivity contribution in [2.45, 2.75) is 83.3 Å². The van der Waals surface area contributed by atoms with Crippen molar-refractivity contribution in [1.82, 2.24) is 0 Å². The number of allylic oxidation sites excluding steroid dienone is 3. The summed E-state index contributed by atoms with van der Waals surface area (Å²) in [7, 11) is 1.76. The first-order valence-electron chi connectivity index (χ1n) is 11.0. The highest BCUT2D eigenvalue weighted by Gasteiger charge is 2.40. The molecule has 0 aromatic carbocycles. The van der Waals surface area contributed by atoms with Crippen LogP contribution >= 0.6 is 0 Å². The molecule has 0 heterocycles. The van der Waals surface area contributed by atoms with E-state index in [0.29, 0.717) is 12.5 Å². The smallest absolute Gasteiger partial charge is 0.0665 e. The molecule has 0 spiro atoms. The maximum absolute atomic E-state index is 10.5. The Morgan fingerprint density at radius 1 is 0.963 bits per heavy atom. The Morgan fingerprint density at radius 2 is 1.70 bits per heavy atom. The second-order valence-electron chi connectivity index (χ2n) is 7.59. The van der Waals surface area contributed by atoms with Crippen LogP contribution in [-0.4, -0.2) is 49.4 Å². The maximum atomic E-state index is 10.5. The molecule has 1 aliphatic rings. The fourth-order valence-electron chi connectivity index (χ4n) is 3.94. The van der Waals surface area contributed by atoms with E-state index in [1.54, 1.807) is 7.11 Å². The number of ether oxygens (including phenoxy) is 2. The molecule has 158 valence electrons. The molecule has 1 rings (SSSR count). The molecule has 0 aromatic heterocycles. The molecule has 4 nitrogen and oxygen atoms in total. The van der Waals surface area contributed by atoms with Gasteiger partial charge in [0, 0.05) is 39.3 Å². The van der Waals surface area contributed by atoms with E-state index in [1.165, 1.54) is 19.3 Å². The van der Waals surface area contributed by atoms with Crippen molar-refractivity contribution < 1.29 is 19.7 Å². The van der Waals surface area contributed by atoms with Gasteiger partial charge >= 0.3 is 0 Å². The summed E-state index contributed by atoms with van der Waals surface area (Å²) in [6.07, 6.45) is 19.3. The zero-order valence-electron chi connectivity index (χ0n) is 17.5. The number of unbranched alkanes of at least 4 members (excludes halogenated alkanes) is 6. The van der Waals surface area contributed by atoms with Crippen LogP contribution in [0.25, 0.3) is 0 Å². The maximum Gasteiger partial charge on any atom is 0.0665 e. The Hall–Kier alpha value is -0.680. The summed E-state index contributed by atoms with van der Waals surface area (Å²) in [5, 5.41) is 19.4. The SMILES string of the molecule is CCO[C@H]1C[C@@H](O)C(C/C=C\CCCCO)[C@@H]1/C=C/CCCCCCOC. The van der Waals surface area contributed by atoms with Crippen LogP contribution in [0.5, 0.6) is 0 Å². The molecular weight excluding hydrogens is 340 g/mol. The summed E-state index contributed by atoms with van der Waals surface area (Å²) >= 11 is 0. The highest BCUT2D eigenvalue weighted by Crippen LogP contribution is 2.38. The Bertz CT molecular complexity index is 394. The lowest BCUT2D eigenvalue weighted by atomic mass is 9.89. The van der Waals surface area contributed by atoms with Gasteiger partial charge in [0.15, 0.2) is 0 Å². The quantitative estimate of drug-likeness (QED) is 0.301. The molecule has 2 N–H and O–H groups in total. The van der Waals surface area contributed by atoms with E-state index >= 15 is 0 Å². The highest BCUT2D eigenvalue weighted by atomic mass is 16.5. The van der Waals surface area contributed by atoms with Crippen LogP contribution in [0.3, 0.4) is 0 Å². The van der Waals surface area contributed by atoms with Crippen LogP contribution in [0.15, 0.2) is 24.3 Å². The lowest BCUT2D eigenvalue weighted by Crippen LogP contribution is -2.21. The number of aliphatic hydroxyl groups excluding tert-OH is 2. The Kier molecular flexibility index (Phi) is 14.7. The number of rotatable bonds is 16. The van der Waals surface area contributed by atoms with Gasteiger partial charge in [-0.15, -0.1) is 0 Å². The first kappa shape index (κ1) is 24.4. The molecule has 1 fully saturated rings. The van der Waals surface area contributed by atoms with E-state index in [4.69, 9.17) is 14.6 Å². The van der Waals surface area contributed by atoms with Gasteiger partial charge in [0.05, 0.1) is 12.2 Å². The molecule has 1 aliphatic carbocycles. The predicted octanol–water partition coefficient (Wildman–Crippen LogP) is 4.65. The molecule has 0 bridgehead atoms. The summed E-state index contributed by atoms with van der Waals surface area (Å²) in [4.78, 5) is 0. The van der Waals surface area contributed by atoms with E-state index in [1.807, 2.05) is 6.92 Å². The van der Waals surface area contributed by atoms with Gasteiger partial charge in [-0.2, -0.15) is 0 Å². The van der Waals surface area contributed by atoms with Crippen LogP contribution in [0.2, 0.25) is 0 Å². The lowest BCUT2D eigenvalue weighted by Gasteiger charge is -2.21. The fourth-order valence-corrected chi connectivity index (χ4v) is 3.94. The molecule has 1 saturated carbocycles. The average Bonchev–Trinajstić information content (AvgIpc) is 2.95. The number of hydrogen-bond donors (Lipinski definition) is 2. The third-order valence-corrected chi connectivity index (χ3v) is 5.45. The van der Waals surface area contributed by atoms with Crippen LogP contribution in [0, 0.1) is 11.8 Å². The summed E-state index contributed by atoms with van der Waals surface area (Å²) in [5.41, 5.74) is 0. The molecule has 0 aromatic rings. The van der Waals surface area contributed by atoms with Gasteiger partial charge in [0.25, 0.3) is 0 Å². The van der Waals surface area contributed by atoms with E-state index in [-0.39, 0.29) is 24.7 Å². The monoisotopic (exact) mass is 382 g/mol. The molecule has 1 unspecified atom stereocenters. The van der Waals surface area contributed by atoms with E-state index < -0.39 is 0 Å².